The topological polar surface area (TPSA) is 91.9 Å². The lowest BCUT2D eigenvalue weighted by atomic mass is 10.2. The van der Waals surface area contributed by atoms with Gasteiger partial charge in [0.25, 0.3) is 5.91 Å². The molecule has 1 amide bonds. The lowest BCUT2D eigenvalue weighted by molar-refractivity contribution is 0.102. The van der Waals surface area contributed by atoms with E-state index in [1.54, 1.807) is 23.5 Å². The van der Waals surface area contributed by atoms with Crippen molar-refractivity contribution in [2.45, 2.75) is 4.90 Å². The Kier molecular flexibility index (Phi) is 4.01. The van der Waals surface area contributed by atoms with Crippen LogP contribution in [0.5, 0.6) is 0 Å². The summed E-state index contributed by atoms with van der Waals surface area (Å²) in [7, 11) is -3.36. The third-order valence-electron chi connectivity index (χ3n) is 3.13. The molecular formula is C15H13N3O3S2. The van der Waals surface area contributed by atoms with Gasteiger partial charge in [0.05, 0.1) is 15.5 Å². The number of H-pyrrole nitrogens is 1. The fourth-order valence-electron chi connectivity index (χ4n) is 2.00. The minimum Gasteiger partial charge on any atom is -0.305 e. The zero-order valence-corrected chi connectivity index (χ0v) is 13.7. The second kappa shape index (κ2) is 5.98. The van der Waals surface area contributed by atoms with Crippen molar-refractivity contribution in [3.63, 3.8) is 0 Å². The molecule has 0 aliphatic carbocycles. The number of amides is 1. The van der Waals surface area contributed by atoms with Gasteiger partial charge in [0, 0.05) is 17.9 Å². The van der Waals surface area contributed by atoms with E-state index in [1.165, 1.54) is 18.2 Å². The van der Waals surface area contributed by atoms with Gasteiger partial charge in [0.1, 0.15) is 0 Å². The van der Waals surface area contributed by atoms with Gasteiger partial charge in [-0.25, -0.2) is 8.42 Å². The average Bonchev–Trinajstić information content (AvgIpc) is 3.17. The molecule has 0 atom stereocenters. The first-order chi connectivity index (χ1) is 10.9. The van der Waals surface area contributed by atoms with Gasteiger partial charge in [-0.2, -0.15) is 5.10 Å². The number of carbonyl (C=O) groups excluding carboxylic acids is 1. The Balaban J connectivity index is 1.80. The first kappa shape index (κ1) is 15.4. The maximum absolute atomic E-state index is 12.2. The molecule has 0 bridgehead atoms. The summed E-state index contributed by atoms with van der Waals surface area (Å²) in [6, 6.07) is 11.5. The predicted molar refractivity (Wildman–Crippen MR) is 89.4 cm³/mol. The van der Waals surface area contributed by atoms with Crippen LogP contribution in [0.25, 0.3) is 10.6 Å². The molecule has 2 aromatic heterocycles. The molecule has 3 rings (SSSR count). The molecule has 0 saturated heterocycles. The molecule has 6 nitrogen and oxygen atoms in total. The lowest BCUT2D eigenvalue weighted by Gasteiger charge is -2.04. The lowest BCUT2D eigenvalue weighted by Crippen LogP contribution is -2.13. The molecule has 0 spiro atoms. The van der Waals surface area contributed by atoms with Gasteiger partial charge in [-0.05, 0) is 29.6 Å². The molecular weight excluding hydrogens is 334 g/mol. The van der Waals surface area contributed by atoms with Crippen molar-refractivity contribution in [2.24, 2.45) is 0 Å². The summed E-state index contributed by atoms with van der Waals surface area (Å²) >= 11 is 1.56. The minimum atomic E-state index is -3.36. The molecule has 1 aromatic carbocycles. The Hall–Kier alpha value is -2.45. The third kappa shape index (κ3) is 3.49. The first-order valence-electron chi connectivity index (χ1n) is 6.64. The van der Waals surface area contributed by atoms with Crippen LogP contribution in [-0.4, -0.2) is 30.8 Å². The average molecular weight is 347 g/mol. The highest BCUT2D eigenvalue weighted by molar-refractivity contribution is 7.90. The van der Waals surface area contributed by atoms with Crippen LogP contribution in [0.15, 0.2) is 52.7 Å². The molecule has 23 heavy (non-hydrogen) atoms. The summed E-state index contributed by atoms with van der Waals surface area (Å²) in [6.45, 7) is 0. The summed E-state index contributed by atoms with van der Waals surface area (Å²) in [5, 5.41) is 11.5. The number of nitrogens with zero attached hydrogens (tertiary/aromatic N) is 1. The number of hydrogen-bond donors (Lipinski definition) is 2. The van der Waals surface area contributed by atoms with Crippen LogP contribution in [0.1, 0.15) is 10.4 Å². The molecule has 0 unspecified atom stereocenters. The van der Waals surface area contributed by atoms with Crippen LogP contribution in [0.2, 0.25) is 0 Å². The standard InChI is InChI=1S/C15H13N3O3S2/c1-23(20,21)11-5-2-4-10(8-11)15(19)16-14-9-12(17-18-14)13-6-3-7-22-13/h2-9H,1H3,(H2,16,17,18,19). The number of carbonyl (C=O) groups is 1. The van der Waals surface area contributed by atoms with E-state index < -0.39 is 15.7 Å². The van der Waals surface area contributed by atoms with Crippen molar-refractivity contribution in [2.75, 3.05) is 11.6 Å². The summed E-state index contributed by atoms with van der Waals surface area (Å²) in [4.78, 5) is 13.3. The minimum absolute atomic E-state index is 0.103. The SMILES string of the molecule is CS(=O)(=O)c1cccc(C(=O)Nc2cc(-c3cccs3)[nH]n2)c1. The number of rotatable bonds is 4. The van der Waals surface area contributed by atoms with Gasteiger partial charge in [-0.3, -0.25) is 9.89 Å². The highest BCUT2D eigenvalue weighted by atomic mass is 32.2. The molecule has 118 valence electrons. The quantitative estimate of drug-likeness (QED) is 0.759. The summed E-state index contributed by atoms with van der Waals surface area (Å²) in [5.74, 6) is -0.0390. The van der Waals surface area contributed by atoms with E-state index in [2.05, 4.69) is 15.5 Å². The Bertz CT molecular complexity index is 944. The molecule has 3 aromatic rings. The summed E-state index contributed by atoms with van der Waals surface area (Å²) in [6.07, 6.45) is 1.10. The van der Waals surface area contributed by atoms with E-state index in [4.69, 9.17) is 0 Å². The van der Waals surface area contributed by atoms with Gasteiger partial charge in [-0.1, -0.05) is 12.1 Å². The molecule has 2 N–H and O–H groups in total. The van der Waals surface area contributed by atoms with Gasteiger partial charge in [0.15, 0.2) is 15.7 Å². The third-order valence-corrected chi connectivity index (χ3v) is 5.14. The zero-order valence-electron chi connectivity index (χ0n) is 12.1. The van der Waals surface area contributed by atoms with E-state index >= 15 is 0 Å². The fourth-order valence-corrected chi connectivity index (χ4v) is 3.36. The molecule has 0 aliphatic rings. The smallest absolute Gasteiger partial charge is 0.256 e. The zero-order chi connectivity index (χ0) is 16.4. The fraction of sp³-hybridized carbons (Fsp3) is 0.0667. The van der Waals surface area contributed by atoms with Crippen molar-refractivity contribution in [1.29, 1.82) is 0 Å². The van der Waals surface area contributed by atoms with E-state index in [1.807, 2.05) is 17.5 Å². The van der Waals surface area contributed by atoms with Crippen LogP contribution in [0.4, 0.5) is 5.82 Å². The number of thiophene rings is 1. The van der Waals surface area contributed by atoms with Crippen LogP contribution in [-0.2, 0) is 9.84 Å². The molecule has 2 heterocycles. The van der Waals surface area contributed by atoms with Gasteiger partial charge in [-0.15, -0.1) is 11.3 Å². The van der Waals surface area contributed by atoms with Gasteiger partial charge < -0.3 is 5.32 Å². The van der Waals surface area contributed by atoms with Crippen molar-refractivity contribution < 1.29 is 13.2 Å². The number of aromatic nitrogens is 2. The molecule has 8 heteroatoms. The maximum atomic E-state index is 12.2. The number of hydrogen-bond acceptors (Lipinski definition) is 5. The normalized spacial score (nSPS) is 11.3. The summed E-state index contributed by atoms with van der Waals surface area (Å²) < 4.78 is 23.1. The number of benzene rings is 1. The summed E-state index contributed by atoms with van der Waals surface area (Å²) in [5.41, 5.74) is 1.06. The Morgan fingerprint density at radius 2 is 2.04 bits per heavy atom. The van der Waals surface area contributed by atoms with Crippen molar-refractivity contribution in [3.8, 4) is 10.6 Å². The highest BCUT2D eigenvalue weighted by Crippen LogP contribution is 2.24. The van der Waals surface area contributed by atoms with E-state index in [0.717, 1.165) is 16.8 Å². The van der Waals surface area contributed by atoms with Crippen molar-refractivity contribution in [3.05, 3.63) is 53.4 Å². The second-order valence-electron chi connectivity index (χ2n) is 4.90. The van der Waals surface area contributed by atoms with Crippen LogP contribution < -0.4 is 5.32 Å². The monoisotopic (exact) mass is 347 g/mol. The molecule has 0 aliphatic heterocycles. The predicted octanol–water partition coefficient (Wildman–Crippen LogP) is 2.79. The molecule has 0 saturated carbocycles. The van der Waals surface area contributed by atoms with Crippen molar-refractivity contribution in [1.82, 2.24) is 10.2 Å². The highest BCUT2D eigenvalue weighted by Gasteiger charge is 2.13. The van der Waals surface area contributed by atoms with Crippen LogP contribution in [0.3, 0.4) is 0 Å². The van der Waals surface area contributed by atoms with Crippen LogP contribution >= 0.6 is 11.3 Å². The first-order valence-corrected chi connectivity index (χ1v) is 9.41. The Morgan fingerprint density at radius 3 is 2.74 bits per heavy atom. The van der Waals surface area contributed by atoms with E-state index in [-0.39, 0.29) is 10.5 Å². The maximum Gasteiger partial charge on any atom is 0.256 e. The number of aromatic amines is 1. The molecule has 0 fully saturated rings. The largest absolute Gasteiger partial charge is 0.305 e. The van der Waals surface area contributed by atoms with Crippen molar-refractivity contribution >= 4 is 32.9 Å². The number of nitrogens with one attached hydrogen (secondary N) is 2. The van der Waals surface area contributed by atoms with Gasteiger partial charge in [0.2, 0.25) is 0 Å². The molecule has 0 radical (unpaired) electrons. The Morgan fingerprint density at radius 1 is 1.22 bits per heavy atom. The number of sulfone groups is 1. The van der Waals surface area contributed by atoms with E-state index in [0.29, 0.717) is 5.82 Å². The Labute approximate surface area is 137 Å². The van der Waals surface area contributed by atoms with E-state index in [9.17, 15) is 13.2 Å². The number of anilines is 1. The second-order valence-corrected chi connectivity index (χ2v) is 7.86. The van der Waals surface area contributed by atoms with Gasteiger partial charge >= 0.3 is 0 Å². The van der Waals surface area contributed by atoms with Crippen LogP contribution in [0, 0.1) is 0 Å².